The highest BCUT2D eigenvalue weighted by Crippen LogP contribution is 2.22. The smallest absolute Gasteiger partial charge is 0.104 e. The fraction of sp³-hybridized carbons (Fsp3) is 0.778. The average molecular weight is 306 g/mol. The van der Waals surface area contributed by atoms with Crippen molar-refractivity contribution in [3.63, 3.8) is 0 Å². The van der Waals surface area contributed by atoms with E-state index in [1.807, 2.05) is 0 Å². The zero-order valence-corrected chi connectivity index (χ0v) is 14.7. The molecule has 0 unspecified atom stereocenters. The van der Waals surface area contributed by atoms with Gasteiger partial charge in [-0.05, 0) is 12.8 Å². The minimum atomic E-state index is 0.498. The first kappa shape index (κ1) is 17.0. The summed E-state index contributed by atoms with van der Waals surface area (Å²) in [4.78, 5) is 9.45. The summed E-state index contributed by atoms with van der Waals surface area (Å²) in [6.07, 6.45) is 20.3. The maximum atomic E-state index is 2.47. The van der Waals surface area contributed by atoms with E-state index < -0.39 is 0 Å². The summed E-state index contributed by atoms with van der Waals surface area (Å²) < 4.78 is 0. The summed E-state index contributed by atoms with van der Waals surface area (Å²) in [6.45, 7) is 4.30. The first-order chi connectivity index (χ1) is 10.7. The van der Waals surface area contributed by atoms with Crippen molar-refractivity contribution in [2.75, 3.05) is 27.4 Å². The van der Waals surface area contributed by atoms with Gasteiger partial charge in [0.15, 0.2) is 0 Å². The van der Waals surface area contributed by atoms with E-state index in [4.69, 9.17) is 0 Å². The van der Waals surface area contributed by atoms with E-state index in [0.29, 0.717) is 6.17 Å². The number of hydrogen-bond donors (Lipinski definition) is 0. The molecule has 2 aliphatic rings. The van der Waals surface area contributed by atoms with E-state index in [-0.39, 0.29) is 0 Å². The van der Waals surface area contributed by atoms with Crippen molar-refractivity contribution in [1.82, 2.24) is 19.6 Å². The molecule has 0 atom stereocenters. The monoisotopic (exact) mass is 306 g/mol. The summed E-state index contributed by atoms with van der Waals surface area (Å²) in [5.74, 6) is 0. The predicted octanol–water partition coefficient (Wildman–Crippen LogP) is 3.81. The Hall–Kier alpha value is -1.32. The van der Waals surface area contributed by atoms with Crippen molar-refractivity contribution in [3.8, 4) is 0 Å². The van der Waals surface area contributed by atoms with Gasteiger partial charge in [-0.3, -0.25) is 0 Å². The van der Waals surface area contributed by atoms with Crippen molar-refractivity contribution in [3.05, 3.63) is 24.8 Å². The van der Waals surface area contributed by atoms with E-state index in [9.17, 15) is 0 Å². The molecule has 0 N–H and O–H groups in total. The van der Waals surface area contributed by atoms with Crippen LogP contribution in [0.4, 0.5) is 0 Å². The van der Waals surface area contributed by atoms with E-state index in [1.165, 1.54) is 51.4 Å². The van der Waals surface area contributed by atoms with Crippen LogP contribution in [0.5, 0.6) is 0 Å². The molecule has 2 heterocycles. The lowest BCUT2D eigenvalue weighted by Crippen LogP contribution is -2.44. The van der Waals surface area contributed by atoms with E-state index in [0.717, 1.165) is 13.3 Å². The Kier molecular flexibility index (Phi) is 6.94. The second-order valence-electron chi connectivity index (χ2n) is 6.81. The van der Waals surface area contributed by atoms with Crippen molar-refractivity contribution < 1.29 is 0 Å². The molecule has 4 nitrogen and oxygen atoms in total. The van der Waals surface area contributed by atoms with Crippen LogP contribution < -0.4 is 0 Å². The third-order valence-electron chi connectivity index (χ3n) is 4.63. The van der Waals surface area contributed by atoms with Gasteiger partial charge in [-0.25, -0.2) is 0 Å². The van der Waals surface area contributed by atoms with Crippen LogP contribution in [0, 0.1) is 0 Å². The Bertz CT molecular complexity index is 340. The first-order valence-corrected chi connectivity index (χ1v) is 8.99. The van der Waals surface area contributed by atoms with Crippen LogP contribution in [0.15, 0.2) is 24.8 Å². The highest BCUT2D eigenvalue weighted by atomic mass is 15.5. The molecule has 0 saturated heterocycles. The van der Waals surface area contributed by atoms with Crippen LogP contribution in [-0.2, 0) is 0 Å². The number of unbranched alkanes of at least 4 members (excludes halogenated alkanes) is 6. The Balaban J connectivity index is 1.73. The van der Waals surface area contributed by atoms with E-state index in [2.05, 4.69) is 65.4 Å². The number of hydrogen-bond acceptors (Lipinski definition) is 4. The molecule has 22 heavy (non-hydrogen) atoms. The fourth-order valence-electron chi connectivity index (χ4n) is 3.30. The molecule has 0 amide bonds. The van der Waals surface area contributed by atoms with Gasteiger partial charge in [-0.15, -0.1) is 0 Å². The molecule has 0 fully saturated rings. The fourth-order valence-corrected chi connectivity index (χ4v) is 3.30. The third kappa shape index (κ3) is 5.15. The SMILES string of the molecule is CCCCCCCCCC(N1C=CN(C)C1)N1C=CN(C)C1. The molecule has 0 saturated carbocycles. The summed E-state index contributed by atoms with van der Waals surface area (Å²) in [5.41, 5.74) is 0. The maximum Gasteiger partial charge on any atom is 0.104 e. The van der Waals surface area contributed by atoms with Gasteiger partial charge in [-0.1, -0.05) is 45.4 Å². The largest absolute Gasteiger partial charge is 0.362 e. The summed E-state index contributed by atoms with van der Waals surface area (Å²) in [6, 6.07) is 0. The lowest BCUT2D eigenvalue weighted by atomic mass is 10.1. The molecule has 0 bridgehead atoms. The van der Waals surface area contributed by atoms with Crippen LogP contribution >= 0.6 is 0 Å². The molecule has 4 heteroatoms. The van der Waals surface area contributed by atoms with E-state index >= 15 is 0 Å². The Labute approximate surface area is 137 Å². The van der Waals surface area contributed by atoms with Gasteiger partial charge in [0.2, 0.25) is 0 Å². The average Bonchev–Trinajstić information content (AvgIpc) is 3.11. The topological polar surface area (TPSA) is 13.0 Å². The van der Waals surface area contributed by atoms with Crippen molar-refractivity contribution in [2.24, 2.45) is 0 Å². The second-order valence-corrected chi connectivity index (χ2v) is 6.81. The molecule has 0 aromatic rings. The van der Waals surface area contributed by atoms with E-state index in [1.54, 1.807) is 0 Å². The van der Waals surface area contributed by atoms with Crippen molar-refractivity contribution in [2.45, 2.75) is 64.5 Å². The highest BCUT2D eigenvalue weighted by Gasteiger charge is 2.26. The third-order valence-corrected chi connectivity index (χ3v) is 4.63. The summed E-state index contributed by atoms with van der Waals surface area (Å²) in [7, 11) is 4.29. The molecule has 2 aliphatic heterocycles. The molecule has 0 spiro atoms. The number of nitrogens with zero attached hydrogens (tertiary/aromatic N) is 4. The quantitative estimate of drug-likeness (QED) is 0.569. The van der Waals surface area contributed by atoms with Gasteiger partial charge in [-0.2, -0.15) is 0 Å². The van der Waals surface area contributed by atoms with Crippen LogP contribution in [-0.4, -0.2) is 53.2 Å². The van der Waals surface area contributed by atoms with Gasteiger partial charge in [0, 0.05) is 38.9 Å². The first-order valence-electron chi connectivity index (χ1n) is 8.99. The van der Waals surface area contributed by atoms with Crippen molar-refractivity contribution >= 4 is 0 Å². The van der Waals surface area contributed by atoms with Gasteiger partial charge in [0.25, 0.3) is 0 Å². The maximum absolute atomic E-state index is 2.47. The molecule has 0 radical (unpaired) electrons. The van der Waals surface area contributed by atoms with Gasteiger partial charge >= 0.3 is 0 Å². The molecular formula is C18H34N4. The van der Waals surface area contributed by atoms with Crippen LogP contribution in [0.2, 0.25) is 0 Å². The molecule has 0 aromatic carbocycles. The predicted molar refractivity (Wildman–Crippen MR) is 93.6 cm³/mol. The molecule has 0 aliphatic carbocycles. The van der Waals surface area contributed by atoms with Crippen LogP contribution in [0.1, 0.15) is 58.3 Å². The minimum absolute atomic E-state index is 0.498. The van der Waals surface area contributed by atoms with Crippen molar-refractivity contribution in [1.29, 1.82) is 0 Å². The zero-order valence-electron chi connectivity index (χ0n) is 14.7. The van der Waals surface area contributed by atoms with Crippen LogP contribution in [0.3, 0.4) is 0 Å². The summed E-state index contributed by atoms with van der Waals surface area (Å²) >= 11 is 0. The molecule has 0 aromatic heterocycles. The Morgan fingerprint density at radius 2 is 1.23 bits per heavy atom. The standard InChI is InChI=1S/C18H34N4/c1-4-5-6-7-8-9-10-11-18(21-14-12-19(2)16-21)22-15-13-20(3)17-22/h12-15,18H,4-11,16-17H2,1-3H3. The van der Waals surface area contributed by atoms with Gasteiger partial charge < -0.3 is 19.6 Å². The Morgan fingerprint density at radius 3 is 1.68 bits per heavy atom. The molecule has 126 valence electrons. The second kappa shape index (κ2) is 8.96. The zero-order chi connectivity index (χ0) is 15.8. The van der Waals surface area contributed by atoms with Gasteiger partial charge in [0.1, 0.15) is 6.17 Å². The Morgan fingerprint density at radius 1 is 0.727 bits per heavy atom. The lowest BCUT2D eigenvalue weighted by Gasteiger charge is -2.36. The van der Waals surface area contributed by atoms with Gasteiger partial charge in [0.05, 0.1) is 13.3 Å². The summed E-state index contributed by atoms with van der Waals surface area (Å²) in [5, 5.41) is 0. The highest BCUT2D eigenvalue weighted by molar-refractivity contribution is 4.97. The normalized spacial score (nSPS) is 17.6. The minimum Gasteiger partial charge on any atom is -0.362 e. The number of rotatable bonds is 10. The van der Waals surface area contributed by atoms with Crippen LogP contribution in [0.25, 0.3) is 0 Å². The lowest BCUT2D eigenvalue weighted by molar-refractivity contribution is 0.0819. The molecule has 2 rings (SSSR count). The molecular weight excluding hydrogens is 272 g/mol.